The molecule has 1 aromatic heterocycles. The van der Waals surface area contributed by atoms with Gasteiger partial charge in [-0.15, -0.1) is 11.3 Å². The molecule has 1 amide bonds. The van der Waals surface area contributed by atoms with E-state index in [0.717, 1.165) is 21.8 Å². The van der Waals surface area contributed by atoms with Crippen LogP contribution in [0.1, 0.15) is 21.7 Å². The number of carbonyl (C=O) groups is 1. The zero-order valence-corrected chi connectivity index (χ0v) is 14.8. The van der Waals surface area contributed by atoms with Gasteiger partial charge in [0.1, 0.15) is 12.4 Å². The third-order valence-corrected chi connectivity index (χ3v) is 7.56. The summed E-state index contributed by atoms with van der Waals surface area (Å²) in [6.45, 7) is 0.456. The summed E-state index contributed by atoms with van der Waals surface area (Å²) >= 11 is 1.45. The van der Waals surface area contributed by atoms with Crippen LogP contribution in [0.25, 0.3) is 10.4 Å². The number of fused-ring (bicyclic) bond motifs is 3. The zero-order valence-electron chi connectivity index (χ0n) is 13.2. The van der Waals surface area contributed by atoms with E-state index in [1.807, 2.05) is 30.3 Å². The molecule has 24 heavy (non-hydrogen) atoms. The molecular weight excluding hydrogens is 346 g/mol. The van der Waals surface area contributed by atoms with Gasteiger partial charge in [0, 0.05) is 29.1 Å². The summed E-state index contributed by atoms with van der Waals surface area (Å²) < 4.78 is 29.0. The maximum absolute atomic E-state index is 12.8. The number of para-hydroxylation sites is 1. The van der Waals surface area contributed by atoms with Gasteiger partial charge in [-0.1, -0.05) is 12.1 Å². The second kappa shape index (κ2) is 5.60. The zero-order chi connectivity index (χ0) is 16.9. The fraction of sp³-hybridized carbons (Fsp3) is 0.353. The molecular formula is C17H17NO4S2. The minimum Gasteiger partial charge on any atom is -0.488 e. The van der Waals surface area contributed by atoms with Crippen LogP contribution in [0.4, 0.5) is 0 Å². The van der Waals surface area contributed by atoms with E-state index in [0.29, 0.717) is 17.9 Å². The molecule has 0 aliphatic carbocycles. The summed E-state index contributed by atoms with van der Waals surface area (Å²) in [4.78, 5) is 16.0. The van der Waals surface area contributed by atoms with Gasteiger partial charge in [-0.05, 0) is 24.6 Å². The highest BCUT2D eigenvalue weighted by Crippen LogP contribution is 2.42. The molecule has 0 N–H and O–H groups in total. The Bertz CT molecular complexity index is 916. The molecule has 126 valence electrons. The third kappa shape index (κ3) is 2.61. The average molecular weight is 363 g/mol. The molecule has 7 heteroatoms. The first-order chi connectivity index (χ1) is 11.4. The molecule has 0 unspecified atom stereocenters. The van der Waals surface area contributed by atoms with Crippen LogP contribution < -0.4 is 4.74 Å². The fourth-order valence-electron chi connectivity index (χ4n) is 3.23. The lowest BCUT2D eigenvalue weighted by molar-refractivity contribution is 0.0752. The van der Waals surface area contributed by atoms with Gasteiger partial charge in [-0.25, -0.2) is 8.42 Å². The summed E-state index contributed by atoms with van der Waals surface area (Å²) in [6.07, 6.45) is 0.515. The number of hydrogen-bond donors (Lipinski definition) is 0. The van der Waals surface area contributed by atoms with E-state index >= 15 is 0 Å². The number of carbonyl (C=O) groups excluding carboxylic acids is 1. The van der Waals surface area contributed by atoms with Crippen molar-refractivity contribution in [2.24, 2.45) is 0 Å². The van der Waals surface area contributed by atoms with Gasteiger partial charge in [0.15, 0.2) is 9.84 Å². The molecule has 0 spiro atoms. The molecule has 1 atom stereocenters. The van der Waals surface area contributed by atoms with Crippen LogP contribution in [0.3, 0.4) is 0 Å². The van der Waals surface area contributed by atoms with Gasteiger partial charge in [-0.3, -0.25) is 4.79 Å². The van der Waals surface area contributed by atoms with Crippen molar-refractivity contribution >= 4 is 27.1 Å². The Morgan fingerprint density at radius 3 is 2.88 bits per heavy atom. The van der Waals surface area contributed by atoms with E-state index in [9.17, 15) is 13.2 Å². The third-order valence-electron chi connectivity index (χ3n) is 4.61. The standard InChI is InChI=1S/C17H17NO4S2/c1-18(12-6-7-24(20,21)10-12)17(19)15-8-11-9-22-14-5-3-2-4-13(14)16(11)23-15/h2-5,8,12H,6-7,9-10H2,1H3/t12-/m0/s1. The SMILES string of the molecule is CN(C(=O)c1cc2c(s1)-c1ccccc1OC2)[C@H]1CCS(=O)(=O)C1. The summed E-state index contributed by atoms with van der Waals surface area (Å²) in [5, 5.41) is 0. The normalized spacial score (nSPS) is 20.8. The van der Waals surface area contributed by atoms with E-state index in [2.05, 4.69) is 0 Å². The van der Waals surface area contributed by atoms with Gasteiger partial charge in [0.05, 0.1) is 16.4 Å². The number of nitrogens with zero attached hydrogens (tertiary/aromatic N) is 1. The largest absolute Gasteiger partial charge is 0.488 e. The molecule has 0 radical (unpaired) electrons. The first-order valence-electron chi connectivity index (χ1n) is 7.77. The maximum Gasteiger partial charge on any atom is 0.263 e. The van der Waals surface area contributed by atoms with E-state index in [1.165, 1.54) is 11.3 Å². The van der Waals surface area contributed by atoms with Crippen molar-refractivity contribution < 1.29 is 17.9 Å². The quantitative estimate of drug-likeness (QED) is 0.823. The number of hydrogen-bond acceptors (Lipinski definition) is 5. The second-order valence-corrected chi connectivity index (χ2v) is 9.50. The topological polar surface area (TPSA) is 63.7 Å². The van der Waals surface area contributed by atoms with Gasteiger partial charge in [0.2, 0.25) is 0 Å². The number of rotatable bonds is 2. The Morgan fingerprint density at radius 2 is 2.12 bits per heavy atom. The highest BCUT2D eigenvalue weighted by Gasteiger charge is 2.34. The molecule has 0 saturated carbocycles. The maximum atomic E-state index is 12.8. The first-order valence-corrected chi connectivity index (χ1v) is 10.4. The molecule has 3 heterocycles. The van der Waals surface area contributed by atoms with Crippen molar-refractivity contribution in [2.45, 2.75) is 19.1 Å². The number of amides is 1. The highest BCUT2D eigenvalue weighted by molar-refractivity contribution is 7.91. The number of benzene rings is 1. The number of ether oxygens (including phenoxy) is 1. The molecule has 0 bridgehead atoms. The van der Waals surface area contributed by atoms with Crippen molar-refractivity contribution in [3.8, 4) is 16.2 Å². The summed E-state index contributed by atoms with van der Waals surface area (Å²) in [5.74, 6) is 0.944. The van der Waals surface area contributed by atoms with E-state index in [-0.39, 0.29) is 23.5 Å². The number of thiophene rings is 1. The molecule has 5 nitrogen and oxygen atoms in total. The lowest BCUT2D eigenvalue weighted by Crippen LogP contribution is -2.37. The average Bonchev–Trinajstić information content (AvgIpc) is 3.16. The van der Waals surface area contributed by atoms with Gasteiger partial charge in [-0.2, -0.15) is 0 Å². The molecule has 1 fully saturated rings. The van der Waals surface area contributed by atoms with E-state index < -0.39 is 9.84 Å². The summed E-state index contributed by atoms with van der Waals surface area (Å²) in [6, 6.07) is 9.44. The van der Waals surface area contributed by atoms with Crippen LogP contribution in [0.5, 0.6) is 5.75 Å². The molecule has 2 aliphatic rings. The van der Waals surface area contributed by atoms with Crippen molar-refractivity contribution in [3.05, 3.63) is 40.8 Å². The Labute approximate surface area is 144 Å². The molecule has 1 aromatic carbocycles. The molecule has 2 aliphatic heterocycles. The van der Waals surface area contributed by atoms with Crippen molar-refractivity contribution in [1.29, 1.82) is 0 Å². The van der Waals surface area contributed by atoms with Gasteiger partial charge >= 0.3 is 0 Å². The second-order valence-electron chi connectivity index (χ2n) is 6.22. The van der Waals surface area contributed by atoms with E-state index in [4.69, 9.17) is 4.74 Å². The predicted octanol–water partition coefficient (Wildman–Crippen LogP) is 2.57. The van der Waals surface area contributed by atoms with Crippen LogP contribution in [-0.4, -0.2) is 43.8 Å². The monoisotopic (exact) mass is 363 g/mol. The van der Waals surface area contributed by atoms with Crippen molar-refractivity contribution in [2.75, 3.05) is 18.6 Å². The fourth-order valence-corrected chi connectivity index (χ4v) is 6.18. The Hall–Kier alpha value is -1.86. The Morgan fingerprint density at radius 1 is 1.33 bits per heavy atom. The van der Waals surface area contributed by atoms with Crippen LogP contribution in [-0.2, 0) is 16.4 Å². The van der Waals surface area contributed by atoms with Crippen molar-refractivity contribution in [3.63, 3.8) is 0 Å². The van der Waals surface area contributed by atoms with Crippen LogP contribution in [0.15, 0.2) is 30.3 Å². The van der Waals surface area contributed by atoms with Crippen LogP contribution in [0.2, 0.25) is 0 Å². The molecule has 1 saturated heterocycles. The first kappa shape index (κ1) is 15.7. The van der Waals surface area contributed by atoms with Crippen LogP contribution in [0, 0.1) is 0 Å². The minimum atomic E-state index is -3.01. The van der Waals surface area contributed by atoms with Crippen molar-refractivity contribution in [1.82, 2.24) is 4.90 Å². The minimum absolute atomic E-state index is 0.0618. The molecule has 2 aromatic rings. The lowest BCUT2D eigenvalue weighted by Gasteiger charge is -2.22. The van der Waals surface area contributed by atoms with Gasteiger partial charge < -0.3 is 9.64 Å². The lowest BCUT2D eigenvalue weighted by atomic mass is 10.1. The summed E-state index contributed by atoms with van der Waals surface area (Å²) in [7, 11) is -1.32. The smallest absolute Gasteiger partial charge is 0.263 e. The Balaban J connectivity index is 1.63. The highest BCUT2D eigenvalue weighted by atomic mass is 32.2. The van der Waals surface area contributed by atoms with Gasteiger partial charge in [0.25, 0.3) is 5.91 Å². The summed E-state index contributed by atoms with van der Waals surface area (Å²) in [5.41, 5.74) is 2.02. The predicted molar refractivity (Wildman–Crippen MR) is 93.2 cm³/mol. The van der Waals surface area contributed by atoms with Crippen LogP contribution >= 0.6 is 11.3 Å². The van der Waals surface area contributed by atoms with E-state index in [1.54, 1.807) is 11.9 Å². The number of sulfone groups is 1. The molecule has 4 rings (SSSR count). The Kier molecular flexibility index (Phi) is 3.65.